The van der Waals surface area contributed by atoms with E-state index in [2.05, 4.69) is 9.72 Å². The molecule has 1 aromatic rings. The minimum absolute atomic E-state index is 0.0181. The first-order chi connectivity index (χ1) is 12.3. The fourth-order valence-electron chi connectivity index (χ4n) is 2.64. The van der Waals surface area contributed by atoms with Crippen LogP contribution in [-0.2, 0) is 14.3 Å². The summed E-state index contributed by atoms with van der Waals surface area (Å²) >= 11 is 0. The Morgan fingerprint density at radius 1 is 1.42 bits per heavy atom. The third-order valence-corrected chi connectivity index (χ3v) is 4.16. The van der Waals surface area contributed by atoms with Crippen LogP contribution in [0.5, 0.6) is 0 Å². The molecule has 5 N–H and O–H groups in total. The van der Waals surface area contributed by atoms with Gasteiger partial charge in [-0.05, 0) is 13.3 Å². The number of nitrogens with two attached hydrogens (primary N) is 1. The van der Waals surface area contributed by atoms with Gasteiger partial charge in [-0.2, -0.15) is 4.98 Å². The van der Waals surface area contributed by atoms with Crippen LogP contribution in [0.2, 0.25) is 0 Å². The summed E-state index contributed by atoms with van der Waals surface area (Å²) in [5, 5.41) is 29.1. The topological polar surface area (TPSA) is 157 Å². The molecule has 10 nitrogen and oxygen atoms in total. The molecule has 1 aliphatic heterocycles. The molecule has 0 unspecified atom stereocenters. The Bertz CT molecular complexity index is 746. The van der Waals surface area contributed by atoms with E-state index in [1.165, 1.54) is 13.3 Å². The van der Waals surface area contributed by atoms with Gasteiger partial charge in [0.25, 0.3) is 0 Å². The number of ether oxygens (including phenoxy) is 2. The van der Waals surface area contributed by atoms with Gasteiger partial charge < -0.3 is 30.5 Å². The van der Waals surface area contributed by atoms with Crippen molar-refractivity contribution in [3.8, 4) is 0 Å². The third-order valence-electron chi connectivity index (χ3n) is 4.16. The monoisotopic (exact) mass is 369 g/mol. The third kappa shape index (κ3) is 4.28. The van der Waals surface area contributed by atoms with Gasteiger partial charge >= 0.3 is 11.7 Å². The molecule has 4 atom stereocenters. The number of aliphatic hydroxyl groups excluding tert-OH is 3. The summed E-state index contributed by atoms with van der Waals surface area (Å²) in [5.74, 6) is -0.365. The van der Waals surface area contributed by atoms with Gasteiger partial charge in [-0.25, -0.2) is 4.79 Å². The summed E-state index contributed by atoms with van der Waals surface area (Å²) in [6, 6.07) is 0. The number of hydrogen-bond donors (Lipinski definition) is 4. The van der Waals surface area contributed by atoms with Crippen LogP contribution in [0.1, 0.15) is 31.6 Å². The van der Waals surface area contributed by atoms with Crippen molar-refractivity contribution < 1.29 is 29.6 Å². The lowest BCUT2D eigenvalue weighted by atomic mass is 10.1. The van der Waals surface area contributed by atoms with Crippen LogP contribution in [0.4, 0.5) is 5.82 Å². The molecule has 0 spiro atoms. The molecule has 0 amide bonds. The second-order valence-corrected chi connectivity index (χ2v) is 6.07. The van der Waals surface area contributed by atoms with E-state index < -0.39 is 36.8 Å². The zero-order valence-electron chi connectivity index (χ0n) is 14.5. The molecule has 0 aromatic carbocycles. The molecule has 0 aliphatic carbocycles. The molecule has 2 rings (SSSR count). The fourth-order valence-corrected chi connectivity index (χ4v) is 2.64. The molecule has 1 aliphatic rings. The number of carbonyl (C=O) groups excluding carboxylic acids is 1. The molecular weight excluding hydrogens is 346 g/mol. The first-order valence-corrected chi connectivity index (χ1v) is 8.03. The minimum atomic E-state index is -1.41. The van der Waals surface area contributed by atoms with Gasteiger partial charge in [-0.3, -0.25) is 9.36 Å². The number of anilines is 1. The van der Waals surface area contributed by atoms with Crippen molar-refractivity contribution in [2.45, 2.75) is 44.3 Å². The summed E-state index contributed by atoms with van der Waals surface area (Å²) in [6.45, 7) is 1.27. The van der Waals surface area contributed by atoms with Crippen LogP contribution >= 0.6 is 0 Å². The van der Waals surface area contributed by atoms with E-state index in [0.29, 0.717) is 12.0 Å². The van der Waals surface area contributed by atoms with Crippen LogP contribution in [0.15, 0.2) is 16.6 Å². The van der Waals surface area contributed by atoms with E-state index in [1.54, 1.807) is 13.0 Å². The number of hydrogen-bond acceptors (Lipinski definition) is 9. The second-order valence-electron chi connectivity index (χ2n) is 6.07. The Hall–Kier alpha value is -2.27. The second kappa shape index (κ2) is 8.41. The smallest absolute Gasteiger partial charge is 0.351 e. The summed E-state index contributed by atoms with van der Waals surface area (Å²) < 4.78 is 10.9. The standard InChI is InChI=1S/C16H23N3O7/c1-8(3-4-11(21)25-2)5-9-6-19(16(24)18-14(9)17)15-13(23)12(22)10(7-20)26-15/h5-6,10,12-13,15,20,22-23H,3-4,7H2,1-2H3,(H2,17,18,24)/b8-5+/t10-,12-,13-,15-/m1/s1. The van der Waals surface area contributed by atoms with Crippen molar-refractivity contribution in [3.63, 3.8) is 0 Å². The molecule has 0 radical (unpaired) electrons. The highest BCUT2D eigenvalue weighted by molar-refractivity contribution is 5.70. The number of allylic oxidation sites excluding steroid dienone is 1. The van der Waals surface area contributed by atoms with Gasteiger partial charge in [0.15, 0.2) is 6.23 Å². The average Bonchev–Trinajstić information content (AvgIpc) is 2.90. The summed E-state index contributed by atoms with van der Waals surface area (Å²) in [6.07, 6.45) is -1.33. The number of nitrogen functional groups attached to an aromatic ring is 1. The van der Waals surface area contributed by atoms with Crippen molar-refractivity contribution in [1.29, 1.82) is 0 Å². The maximum absolute atomic E-state index is 12.1. The van der Waals surface area contributed by atoms with Gasteiger partial charge in [-0.15, -0.1) is 0 Å². The molecule has 1 aromatic heterocycles. The minimum Gasteiger partial charge on any atom is -0.469 e. The summed E-state index contributed by atoms with van der Waals surface area (Å²) in [5.41, 5.74) is 6.21. The maximum Gasteiger partial charge on any atom is 0.351 e. The van der Waals surface area contributed by atoms with E-state index in [-0.39, 0.29) is 18.2 Å². The average molecular weight is 369 g/mol. The first-order valence-electron chi connectivity index (χ1n) is 8.03. The van der Waals surface area contributed by atoms with Crippen molar-refractivity contribution in [3.05, 3.63) is 27.8 Å². The Labute approximate surface area is 149 Å². The fraction of sp³-hybridized carbons (Fsp3) is 0.562. The van der Waals surface area contributed by atoms with Crippen LogP contribution in [0.25, 0.3) is 6.08 Å². The van der Waals surface area contributed by atoms with Crippen LogP contribution in [0.3, 0.4) is 0 Å². The highest BCUT2D eigenvalue weighted by atomic mass is 16.6. The molecule has 144 valence electrons. The lowest BCUT2D eigenvalue weighted by Gasteiger charge is -2.18. The van der Waals surface area contributed by atoms with E-state index >= 15 is 0 Å². The Balaban J connectivity index is 2.29. The highest BCUT2D eigenvalue weighted by Crippen LogP contribution is 2.28. The van der Waals surface area contributed by atoms with Gasteiger partial charge in [0.1, 0.15) is 24.1 Å². The Kier molecular flexibility index (Phi) is 6.48. The zero-order chi connectivity index (χ0) is 19.4. The van der Waals surface area contributed by atoms with Gasteiger partial charge in [-0.1, -0.05) is 11.6 Å². The van der Waals surface area contributed by atoms with Crippen molar-refractivity contribution in [2.24, 2.45) is 0 Å². The quantitative estimate of drug-likeness (QED) is 0.452. The van der Waals surface area contributed by atoms with Crippen molar-refractivity contribution >= 4 is 17.9 Å². The first kappa shape index (κ1) is 20.0. The van der Waals surface area contributed by atoms with E-state index in [9.17, 15) is 19.8 Å². The molecule has 10 heteroatoms. The predicted octanol–water partition coefficient (Wildman–Crippen LogP) is -1.21. The maximum atomic E-state index is 12.1. The molecule has 1 fully saturated rings. The van der Waals surface area contributed by atoms with Crippen LogP contribution < -0.4 is 11.4 Å². The molecular formula is C16H23N3O7. The van der Waals surface area contributed by atoms with Crippen LogP contribution in [-0.4, -0.2) is 62.9 Å². The van der Waals surface area contributed by atoms with Gasteiger partial charge in [0, 0.05) is 18.2 Å². The SMILES string of the molecule is COC(=O)CC/C(C)=C/c1cn([C@@H]2O[C@H](CO)[C@@H](O)[C@H]2O)c(=O)nc1N. The Morgan fingerprint density at radius 2 is 2.12 bits per heavy atom. The number of carbonyl (C=O) groups is 1. The number of aliphatic hydroxyl groups is 3. The number of nitrogens with zero attached hydrogens (tertiary/aromatic N) is 2. The van der Waals surface area contributed by atoms with E-state index in [0.717, 1.165) is 10.1 Å². The molecule has 2 heterocycles. The summed E-state index contributed by atoms with van der Waals surface area (Å²) in [7, 11) is 1.31. The number of rotatable bonds is 6. The van der Waals surface area contributed by atoms with E-state index in [1.807, 2.05) is 0 Å². The zero-order valence-corrected chi connectivity index (χ0v) is 14.5. The number of esters is 1. The Morgan fingerprint density at radius 3 is 2.69 bits per heavy atom. The highest BCUT2D eigenvalue weighted by Gasteiger charge is 2.43. The summed E-state index contributed by atoms with van der Waals surface area (Å²) in [4.78, 5) is 27.0. The molecule has 26 heavy (non-hydrogen) atoms. The van der Waals surface area contributed by atoms with Gasteiger partial charge in [0.05, 0.1) is 13.7 Å². The van der Waals surface area contributed by atoms with Crippen LogP contribution in [0, 0.1) is 0 Å². The number of methoxy groups -OCH3 is 1. The molecule has 0 saturated carbocycles. The molecule has 0 bridgehead atoms. The lowest BCUT2D eigenvalue weighted by Crippen LogP contribution is -2.36. The number of aromatic nitrogens is 2. The van der Waals surface area contributed by atoms with Crippen molar-refractivity contribution in [2.75, 3.05) is 19.5 Å². The largest absolute Gasteiger partial charge is 0.469 e. The lowest BCUT2D eigenvalue weighted by molar-refractivity contribution is -0.140. The normalized spacial score (nSPS) is 26.1. The van der Waals surface area contributed by atoms with E-state index in [4.69, 9.17) is 15.6 Å². The predicted molar refractivity (Wildman–Crippen MR) is 90.8 cm³/mol. The van der Waals surface area contributed by atoms with Gasteiger partial charge in [0.2, 0.25) is 0 Å². The molecule has 1 saturated heterocycles. The van der Waals surface area contributed by atoms with Crippen molar-refractivity contribution in [1.82, 2.24) is 9.55 Å².